The van der Waals surface area contributed by atoms with E-state index in [9.17, 15) is 0 Å². The van der Waals surface area contributed by atoms with Crippen molar-refractivity contribution in [3.05, 3.63) is 48.3 Å². The zero-order chi connectivity index (χ0) is 14.7. The van der Waals surface area contributed by atoms with Crippen LogP contribution < -0.4 is 19.9 Å². The first kappa shape index (κ1) is 13.7. The smallest absolute Gasteiger partial charge is 0.231 e. The molecule has 0 spiro atoms. The van der Waals surface area contributed by atoms with Gasteiger partial charge in [-0.25, -0.2) is 0 Å². The van der Waals surface area contributed by atoms with E-state index in [1.165, 1.54) is 0 Å². The fourth-order valence-corrected chi connectivity index (χ4v) is 2.27. The minimum Gasteiger partial charge on any atom is -0.484 e. The van der Waals surface area contributed by atoms with E-state index in [1.54, 1.807) is 12.4 Å². The maximum Gasteiger partial charge on any atom is 0.231 e. The van der Waals surface area contributed by atoms with Crippen molar-refractivity contribution in [2.24, 2.45) is 5.73 Å². The predicted molar refractivity (Wildman–Crippen MR) is 78.4 cm³/mol. The molecular formula is C16H18N2O3. The van der Waals surface area contributed by atoms with E-state index in [-0.39, 0.29) is 18.9 Å². The van der Waals surface area contributed by atoms with Gasteiger partial charge in [-0.3, -0.25) is 4.98 Å². The fraction of sp³-hybridized carbons (Fsp3) is 0.312. The third kappa shape index (κ3) is 2.92. The van der Waals surface area contributed by atoms with Crippen molar-refractivity contribution in [1.82, 2.24) is 4.98 Å². The van der Waals surface area contributed by atoms with Crippen molar-refractivity contribution in [3.63, 3.8) is 0 Å². The highest BCUT2D eigenvalue weighted by atomic mass is 16.7. The van der Waals surface area contributed by atoms with E-state index in [2.05, 4.69) is 4.98 Å². The lowest BCUT2D eigenvalue weighted by atomic mass is 10.0. The van der Waals surface area contributed by atoms with Crippen LogP contribution in [-0.2, 0) is 0 Å². The second-order valence-corrected chi connectivity index (χ2v) is 4.91. The second-order valence-electron chi connectivity index (χ2n) is 4.91. The van der Waals surface area contributed by atoms with Crippen LogP contribution in [0, 0.1) is 0 Å². The molecule has 0 radical (unpaired) electrons. The Balaban J connectivity index is 1.85. The lowest BCUT2D eigenvalue weighted by molar-refractivity contribution is 0.167. The molecule has 2 aromatic rings. The first-order valence-corrected chi connectivity index (χ1v) is 6.99. The SMILES string of the molecule is CCC(N)C(Oc1ccc2c(c1)OCO2)c1ccncc1. The minimum atomic E-state index is -0.224. The van der Waals surface area contributed by atoms with Gasteiger partial charge in [-0.15, -0.1) is 0 Å². The van der Waals surface area contributed by atoms with E-state index in [0.717, 1.165) is 17.7 Å². The fourth-order valence-electron chi connectivity index (χ4n) is 2.27. The molecule has 5 nitrogen and oxygen atoms in total. The third-order valence-corrected chi connectivity index (χ3v) is 3.50. The molecule has 2 N–H and O–H groups in total. The molecule has 0 amide bonds. The molecule has 0 saturated carbocycles. The van der Waals surface area contributed by atoms with Crippen molar-refractivity contribution in [2.75, 3.05) is 6.79 Å². The van der Waals surface area contributed by atoms with Gasteiger partial charge < -0.3 is 19.9 Å². The zero-order valence-corrected chi connectivity index (χ0v) is 11.9. The molecule has 3 rings (SSSR count). The van der Waals surface area contributed by atoms with Gasteiger partial charge in [0.05, 0.1) is 0 Å². The molecule has 110 valence electrons. The van der Waals surface area contributed by atoms with Crippen LogP contribution in [0.3, 0.4) is 0 Å². The quantitative estimate of drug-likeness (QED) is 0.915. The monoisotopic (exact) mass is 286 g/mol. The highest BCUT2D eigenvalue weighted by Crippen LogP contribution is 2.36. The summed E-state index contributed by atoms with van der Waals surface area (Å²) in [5.74, 6) is 2.15. The topological polar surface area (TPSA) is 66.6 Å². The molecule has 2 unspecified atom stereocenters. The number of pyridine rings is 1. The number of benzene rings is 1. The van der Waals surface area contributed by atoms with Crippen molar-refractivity contribution < 1.29 is 14.2 Å². The molecule has 2 heterocycles. The third-order valence-electron chi connectivity index (χ3n) is 3.50. The highest BCUT2D eigenvalue weighted by molar-refractivity contribution is 5.47. The number of nitrogens with zero attached hydrogens (tertiary/aromatic N) is 1. The van der Waals surface area contributed by atoms with Gasteiger partial charge in [0.1, 0.15) is 11.9 Å². The molecule has 0 saturated heterocycles. The Morgan fingerprint density at radius 2 is 1.95 bits per heavy atom. The maximum absolute atomic E-state index is 6.21. The van der Waals surface area contributed by atoms with Crippen molar-refractivity contribution in [3.8, 4) is 17.2 Å². The number of hydrogen-bond donors (Lipinski definition) is 1. The van der Waals surface area contributed by atoms with E-state index in [4.69, 9.17) is 19.9 Å². The van der Waals surface area contributed by atoms with Gasteiger partial charge in [0.15, 0.2) is 11.5 Å². The van der Waals surface area contributed by atoms with Gasteiger partial charge >= 0.3 is 0 Å². The summed E-state index contributed by atoms with van der Waals surface area (Å²) in [5.41, 5.74) is 7.22. The van der Waals surface area contributed by atoms with Gasteiger partial charge in [-0.2, -0.15) is 0 Å². The summed E-state index contributed by atoms with van der Waals surface area (Å²) in [6.07, 6.45) is 4.08. The summed E-state index contributed by atoms with van der Waals surface area (Å²) >= 11 is 0. The Morgan fingerprint density at radius 1 is 1.19 bits per heavy atom. The molecule has 1 aromatic carbocycles. The van der Waals surface area contributed by atoms with Gasteiger partial charge in [0.25, 0.3) is 0 Å². The average molecular weight is 286 g/mol. The Labute approximate surface area is 123 Å². The Kier molecular flexibility index (Phi) is 3.92. The van der Waals surface area contributed by atoms with Gasteiger partial charge in [0, 0.05) is 24.5 Å². The Morgan fingerprint density at radius 3 is 2.71 bits per heavy atom. The van der Waals surface area contributed by atoms with Crippen LogP contribution in [0.25, 0.3) is 0 Å². The van der Waals surface area contributed by atoms with E-state index < -0.39 is 0 Å². The number of fused-ring (bicyclic) bond motifs is 1. The van der Waals surface area contributed by atoms with E-state index in [0.29, 0.717) is 11.5 Å². The van der Waals surface area contributed by atoms with Crippen molar-refractivity contribution in [1.29, 1.82) is 0 Å². The summed E-state index contributed by atoms with van der Waals surface area (Å²) in [6, 6.07) is 9.29. The summed E-state index contributed by atoms with van der Waals surface area (Å²) < 4.78 is 16.8. The summed E-state index contributed by atoms with van der Waals surface area (Å²) in [7, 11) is 0. The number of ether oxygens (including phenoxy) is 3. The first-order valence-electron chi connectivity index (χ1n) is 6.99. The number of rotatable bonds is 5. The predicted octanol–water partition coefficient (Wildman–Crippen LogP) is 2.67. The second kappa shape index (κ2) is 6.01. The summed E-state index contributed by atoms with van der Waals surface area (Å²) in [5, 5.41) is 0. The van der Waals surface area contributed by atoms with Crippen LogP contribution in [0.4, 0.5) is 0 Å². The van der Waals surface area contributed by atoms with Crippen molar-refractivity contribution in [2.45, 2.75) is 25.5 Å². The molecule has 0 bridgehead atoms. The Bertz CT molecular complexity index is 604. The Hall–Kier alpha value is -2.27. The van der Waals surface area contributed by atoms with Crippen LogP contribution in [0.1, 0.15) is 25.0 Å². The van der Waals surface area contributed by atoms with Gasteiger partial charge in [0.2, 0.25) is 6.79 Å². The first-order chi connectivity index (χ1) is 10.3. The molecule has 2 atom stereocenters. The largest absolute Gasteiger partial charge is 0.484 e. The van der Waals surface area contributed by atoms with E-state index in [1.807, 2.05) is 37.3 Å². The van der Waals surface area contributed by atoms with Crippen LogP contribution in [0.15, 0.2) is 42.7 Å². The number of hydrogen-bond acceptors (Lipinski definition) is 5. The van der Waals surface area contributed by atoms with Gasteiger partial charge in [-0.1, -0.05) is 6.92 Å². The molecule has 0 aliphatic carbocycles. The highest BCUT2D eigenvalue weighted by Gasteiger charge is 2.22. The summed E-state index contributed by atoms with van der Waals surface area (Å²) in [4.78, 5) is 4.03. The zero-order valence-electron chi connectivity index (χ0n) is 11.9. The van der Waals surface area contributed by atoms with Crippen molar-refractivity contribution >= 4 is 0 Å². The number of nitrogens with two attached hydrogens (primary N) is 1. The van der Waals surface area contributed by atoms with Gasteiger partial charge in [-0.05, 0) is 36.2 Å². The summed E-state index contributed by atoms with van der Waals surface area (Å²) in [6.45, 7) is 2.29. The molecule has 21 heavy (non-hydrogen) atoms. The van der Waals surface area contributed by atoms with Crippen LogP contribution >= 0.6 is 0 Å². The molecule has 5 heteroatoms. The number of aromatic nitrogens is 1. The standard InChI is InChI=1S/C16H18N2O3/c1-2-13(17)16(11-5-7-18-8-6-11)21-12-3-4-14-15(9-12)20-10-19-14/h3-9,13,16H,2,10,17H2,1H3. The van der Waals surface area contributed by atoms with Crippen LogP contribution in [0.5, 0.6) is 17.2 Å². The molecular weight excluding hydrogens is 268 g/mol. The average Bonchev–Trinajstić information content (AvgIpc) is 3.00. The lowest BCUT2D eigenvalue weighted by Gasteiger charge is -2.24. The molecule has 0 fully saturated rings. The van der Waals surface area contributed by atoms with Crippen LogP contribution in [-0.4, -0.2) is 17.8 Å². The molecule has 1 aliphatic heterocycles. The van der Waals surface area contributed by atoms with E-state index >= 15 is 0 Å². The molecule has 1 aromatic heterocycles. The van der Waals surface area contributed by atoms with Crippen LogP contribution in [0.2, 0.25) is 0 Å². The maximum atomic E-state index is 6.21. The lowest BCUT2D eigenvalue weighted by Crippen LogP contribution is -2.31. The minimum absolute atomic E-state index is 0.0992. The molecule has 1 aliphatic rings. The normalized spacial score (nSPS) is 15.5.